The van der Waals surface area contributed by atoms with Gasteiger partial charge in [0.25, 0.3) is 0 Å². The van der Waals surface area contributed by atoms with Gasteiger partial charge in [0.15, 0.2) is 0 Å². The number of piperidine rings is 1. The zero-order chi connectivity index (χ0) is 17.8. The van der Waals surface area contributed by atoms with Crippen LogP contribution in [0.3, 0.4) is 0 Å². The minimum absolute atomic E-state index is 0.112. The number of nitrogens with one attached hydrogen (secondary N) is 1. The van der Waals surface area contributed by atoms with E-state index in [1.165, 1.54) is 12.7 Å². The number of amides is 1. The van der Waals surface area contributed by atoms with E-state index in [1.54, 1.807) is 0 Å². The molecule has 134 valence electrons. The van der Waals surface area contributed by atoms with Gasteiger partial charge in [0.1, 0.15) is 5.82 Å². The van der Waals surface area contributed by atoms with Crippen LogP contribution >= 0.6 is 0 Å². The lowest BCUT2D eigenvalue weighted by molar-refractivity contribution is -0.141. The van der Waals surface area contributed by atoms with Crippen LogP contribution in [0.2, 0.25) is 0 Å². The Kier molecular flexibility index (Phi) is 5.36. The smallest absolute Gasteiger partial charge is 0.305 e. The van der Waals surface area contributed by atoms with E-state index < -0.39 is 0 Å². The predicted molar refractivity (Wildman–Crippen MR) is 95.3 cm³/mol. The molecule has 1 aromatic heterocycles. The van der Waals surface area contributed by atoms with Crippen molar-refractivity contribution in [3.8, 4) is 0 Å². The van der Waals surface area contributed by atoms with E-state index in [-0.39, 0.29) is 17.8 Å². The summed E-state index contributed by atoms with van der Waals surface area (Å²) in [6, 6.07) is 6.19. The molecule has 0 unspecified atom stereocenters. The van der Waals surface area contributed by atoms with Gasteiger partial charge in [-0.05, 0) is 43.9 Å². The largest absolute Gasteiger partial charge is 0.469 e. The fraction of sp³-hybridized carbons (Fsp3) is 0.526. The summed E-state index contributed by atoms with van der Waals surface area (Å²) in [5.74, 6) is 1.06. The third-order valence-electron chi connectivity index (χ3n) is 4.82. The Balaban J connectivity index is 1.61. The highest BCUT2D eigenvalue weighted by molar-refractivity contribution is 5.78. The van der Waals surface area contributed by atoms with Gasteiger partial charge >= 0.3 is 5.97 Å². The fourth-order valence-corrected chi connectivity index (χ4v) is 3.41. The maximum Gasteiger partial charge on any atom is 0.305 e. The summed E-state index contributed by atoms with van der Waals surface area (Å²) in [7, 11) is 1.37. The number of aromatic nitrogens is 2. The average Bonchev–Trinajstić information content (AvgIpc) is 3.04. The molecule has 6 nitrogen and oxygen atoms in total. The van der Waals surface area contributed by atoms with Crippen molar-refractivity contribution in [2.24, 2.45) is 0 Å². The van der Waals surface area contributed by atoms with Crippen molar-refractivity contribution in [2.45, 2.75) is 44.9 Å². The summed E-state index contributed by atoms with van der Waals surface area (Å²) in [5, 5.41) is 0. The number of likely N-dealkylation sites (tertiary alicyclic amines) is 1. The van der Waals surface area contributed by atoms with Crippen LogP contribution in [0.25, 0.3) is 11.0 Å². The van der Waals surface area contributed by atoms with E-state index in [2.05, 4.69) is 28.8 Å². The first-order chi connectivity index (χ1) is 12.1. The standard InChI is InChI=1S/C19H25N3O3/c1-13-8-9-15-16(11-13)21-19(20-15)14-5-4-10-22(12-14)17(23)6-3-7-18(24)25-2/h8-9,11,14H,3-7,10,12H2,1-2H3,(H,20,21)/t14-/m0/s1. The van der Waals surface area contributed by atoms with Crippen LogP contribution in [0.1, 0.15) is 49.4 Å². The molecule has 1 aliphatic heterocycles. The van der Waals surface area contributed by atoms with E-state index in [0.717, 1.165) is 36.2 Å². The molecule has 2 heterocycles. The van der Waals surface area contributed by atoms with Crippen LogP contribution in [-0.4, -0.2) is 46.9 Å². The molecule has 1 aromatic carbocycles. The fourth-order valence-electron chi connectivity index (χ4n) is 3.41. The van der Waals surface area contributed by atoms with Gasteiger partial charge in [0.05, 0.1) is 18.1 Å². The predicted octanol–water partition coefficient (Wildman–Crippen LogP) is 2.92. The van der Waals surface area contributed by atoms with Crippen LogP contribution in [0.4, 0.5) is 0 Å². The number of aromatic amines is 1. The van der Waals surface area contributed by atoms with Gasteiger partial charge in [-0.25, -0.2) is 4.98 Å². The molecule has 0 aliphatic carbocycles. The molecule has 1 aliphatic rings. The first-order valence-electron chi connectivity index (χ1n) is 8.87. The lowest BCUT2D eigenvalue weighted by Crippen LogP contribution is -2.39. The van der Waals surface area contributed by atoms with E-state index in [1.807, 2.05) is 11.0 Å². The summed E-state index contributed by atoms with van der Waals surface area (Å²) in [4.78, 5) is 33.6. The molecular formula is C19H25N3O3. The number of ether oxygens (including phenoxy) is 1. The second-order valence-corrected chi connectivity index (χ2v) is 6.75. The lowest BCUT2D eigenvalue weighted by Gasteiger charge is -2.32. The van der Waals surface area contributed by atoms with Crippen molar-refractivity contribution in [1.82, 2.24) is 14.9 Å². The number of aryl methyl sites for hydroxylation is 1. The Labute approximate surface area is 147 Å². The quantitative estimate of drug-likeness (QED) is 0.847. The molecule has 1 saturated heterocycles. The number of benzene rings is 1. The Hall–Kier alpha value is -2.37. The third kappa shape index (κ3) is 4.18. The number of rotatable bonds is 5. The number of imidazole rings is 1. The second kappa shape index (κ2) is 7.68. The number of carbonyl (C=O) groups is 2. The first kappa shape index (κ1) is 17.5. The zero-order valence-corrected chi connectivity index (χ0v) is 14.9. The van der Waals surface area contributed by atoms with Crippen LogP contribution in [0, 0.1) is 6.92 Å². The highest BCUT2D eigenvalue weighted by Gasteiger charge is 2.26. The number of hydrogen-bond donors (Lipinski definition) is 1. The Bertz CT molecular complexity index is 768. The molecule has 1 atom stereocenters. The summed E-state index contributed by atoms with van der Waals surface area (Å²) in [5.41, 5.74) is 3.23. The molecule has 3 rings (SSSR count). The van der Waals surface area contributed by atoms with Crippen LogP contribution in [0.5, 0.6) is 0 Å². The van der Waals surface area contributed by atoms with Crippen molar-refractivity contribution in [3.05, 3.63) is 29.6 Å². The van der Waals surface area contributed by atoms with E-state index in [9.17, 15) is 9.59 Å². The van der Waals surface area contributed by atoms with Gasteiger partial charge in [-0.3, -0.25) is 9.59 Å². The zero-order valence-electron chi connectivity index (χ0n) is 14.9. The number of H-pyrrole nitrogens is 1. The minimum Gasteiger partial charge on any atom is -0.469 e. The minimum atomic E-state index is -0.262. The monoisotopic (exact) mass is 343 g/mol. The molecule has 1 amide bonds. The molecule has 1 N–H and O–H groups in total. The van der Waals surface area contributed by atoms with Gasteiger partial charge in [-0.1, -0.05) is 6.07 Å². The van der Waals surface area contributed by atoms with Gasteiger partial charge in [-0.2, -0.15) is 0 Å². The summed E-state index contributed by atoms with van der Waals surface area (Å²) >= 11 is 0. The first-order valence-corrected chi connectivity index (χ1v) is 8.87. The number of fused-ring (bicyclic) bond motifs is 1. The highest BCUT2D eigenvalue weighted by Crippen LogP contribution is 2.27. The molecule has 25 heavy (non-hydrogen) atoms. The van der Waals surface area contributed by atoms with Gasteiger partial charge in [0.2, 0.25) is 5.91 Å². The van der Waals surface area contributed by atoms with Gasteiger partial charge in [-0.15, -0.1) is 0 Å². The SMILES string of the molecule is COC(=O)CCCC(=O)N1CCC[C@H](c2nc3ccc(C)cc3[nH]2)C1. The molecule has 6 heteroatoms. The van der Waals surface area contributed by atoms with Crippen molar-refractivity contribution < 1.29 is 14.3 Å². The highest BCUT2D eigenvalue weighted by atomic mass is 16.5. The van der Waals surface area contributed by atoms with Crippen molar-refractivity contribution in [2.75, 3.05) is 20.2 Å². The molecule has 2 aromatic rings. The Morgan fingerprint density at radius 3 is 3.00 bits per heavy atom. The Morgan fingerprint density at radius 2 is 2.20 bits per heavy atom. The molecular weight excluding hydrogens is 318 g/mol. The number of hydrogen-bond acceptors (Lipinski definition) is 4. The molecule has 0 radical (unpaired) electrons. The van der Waals surface area contributed by atoms with Crippen molar-refractivity contribution >= 4 is 22.9 Å². The van der Waals surface area contributed by atoms with E-state index in [4.69, 9.17) is 4.98 Å². The summed E-state index contributed by atoms with van der Waals surface area (Å²) < 4.78 is 4.61. The normalized spacial score (nSPS) is 17.7. The summed E-state index contributed by atoms with van der Waals surface area (Å²) in [6.45, 7) is 3.54. The van der Waals surface area contributed by atoms with Crippen LogP contribution < -0.4 is 0 Å². The van der Waals surface area contributed by atoms with Gasteiger partial charge in [0, 0.05) is 31.8 Å². The lowest BCUT2D eigenvalue weighted by atomic mass is 9.97. The molecule has 0 bridgehead atoms. The third-order valence-corrected chi connectivity index (χ3v) is 4.82. The molecule has 0 spiro atoms. The van der Waals surface area contributed by atoms with E-state index >= 15 is 0 Å². The maximum absolute atomic E-state index is 12.4. The number of nitrogens with zero attached hydrogens (tertiary/aromatic N) is 2. The number of carbonyl (C=O) groups excluding carboxylic acids is 2. The number of esters is 1. The molecule has 0 saturated carbocycles. The van der Waals surface area contributed by atoms with Crippen LogP contribution in [-0.2, 0) is 14.3 Å². The average molecular weight is 343 g/mol. The van der Waals surface area contributed by atoms with Crippen LogP contribution in [0.15, 0.2) is 18.2 Å². The molecule has 1 fully saturated rings. The maximum atomic E-state index is 12.4. The van der Waals surface area contributed by atoms with Gasteiger partial charge < -0.3 is 14.6 Å². The van der Waals surface area contributed by atoms with Crippen molar-refractivity contribution in [1.29, 1.82) is 0 Å². The second-order valence-electron chi connectivity index (χ2n) is 6.75. The Morgan fingerprint density at radius 1 is 1.36 bits per heavy atom. The topological polar surface area (TPSA) is 75.3 Å². The summed E-state index contributed by atoms with van der Waals surface area (Å²) in [6.07, 6.45) is 3.23. The van der Waals surface area contributed by atoms with Crippen molar-refractivity contribution in [3.63, 3.8) is 0 Å². The van der Waals surface area contributed by atoms with E-state index in [0.29, 0.717) is 25.8 Å². The number of methoxy groups -OCH3 is 1.